The molecule has 100 valence electrons. The van der Waals surface area contributed by atoms with Crippen molar-refractivity contribution in [1.29, 1.82) is 0 Å². The van der Waals surface area contributed by atoms with Crippen LogP contribution in [-0.2, 0) is 4.74 Å². The normalized spacial score (nSPS) is 38.6. The molecule has 3 atom stereocenters. The highest BCUT2D eigenvalue weighted by atomic mass is 16.5. The number of ether oxygens (including phenoxy) is 1. The summed E-state index contributed by atoms with van der Waals surface area (Å²) in [7, 11) is 0. The van der Waals surface area contributed by atoms with Crippen molar-refractivity contribution in [3.8, 4) is 0 Å². The lowest BCUT2D eigenvalue weighted by Crippen LogP contribution is -2.43. The molecule has 1 aliphatic carbocycles. The SMILES string of the molecule is CC1CC(NC2CCCC(C)(C)CC2)CCO1. The standard InChI is InChI=1S/C15H29NO/c1-12-11-14(7-10-17-12)16-13-5-4-8-15(2,3)9-6-13/h12-14,16H,4-11H2,1-3H3. The van der Waals surface area contributed by atoms with Crippen LogP contribution in [0.3, 0.4) is 0 Å². The Labute approximate surface area is 107 Å². The molecule has 1 aliphatic heterocycles. The Kier molecular flexibility index (Phi) is 4.48. The molecule has 0 aromatic carbocycles. The molecule has 0 bridgehead atoms. The van der Waals surface area contributed by atoms with Gasteiger partial charge in [-0.05, 0) is 50.9 Å². The van der Waals surface area contributed by atoms with Crippen molar-refractivity contribution in [2.45, 2.75) is 83.9 Å². The van der Waals surface area contributed by atoms with Crippen molar-refractivity contribution in [2.75, 3.05) is 6.61 Å². The minimum atomic E-state index is 0.448. The topological polar surface area (TPSA) is 21.3 Å². The van der Waals surface area contributed by atoms with E-state index in [-0.39, 0.29) is 0 Å². The van der Waals surface area contributed by atoms with E-state index in [1.165, 1.54) is 44.9 Å². The molecular weight excluding hydrogens is 210 g/mol. The van der Waals surface area contributed by atoms with Crippen molar-refractivity contribution in [3.63, 3.8) is 0 Å². The lowest BCUT2D eigenvalue weighted by Gasteiger charge is -2.31. The molecule has 2 aliphatic rings. The highest BCUT2D eigenvalue weighted by Crippen LogP contribution is 2.34. The van der Waals surface area contributed by atoms with Crippen LogP contribution in [0.25, 0.3) is 0 Å². The fourth-order valence-electron chi connectivity index (χ4n) is 3.31. The second-order valence-corrected chi connectivity index (χ2v) is 6.86. The smallest absolute Gasteiger partial charge is 0.0561 e. The molecule has 2 rings (SSSR count). The molecule has 1 saturated heterocycles. The summed E-state index contributed by atoms with van der Waals surface area (Å²) in [6.45, 7) is 7.99. The number of nitrogens with one attached hydrogen (secondary N) is 1. The Hall–Kier alpha value is -0.0800. The Balaban J connectivity index is 1.78. The molecule has 1 heterocycles. The molecule has 0 amide bonds. The second-order valence-electron chi connectivity index (χ2n) is 6.86. The van der Waals surface area contributed by atoms with E-state index >= 15 is 0 Å². The minimum absolute atomic E-state index is 0.448. The Bertz CT molecular complexity index is 239. The van der Waals surface area contributed by atoms with E-state index in [1.54, 1.807) is 0 Å². The van der Waals surface area contributed by atoms with Crippen molar-refractivity contribution >= 4 is 0 Å². The maximum atomic E-state index is 5.61. The van der Waals surface area contributed by atoms with E-state index in [2.05, 4.69) is 26.1 Å². The molecule has 1 saturated carbocycles. The van der Waals surface area contributed by atoms with Crippen LogP contribution in [0, 0.1) is 5.41 Å². The quantitative estimate of drug-likeness (QED) is 0.745. The van der Waals surface area contributed by atoms with Gasteiger partial charge >= 0.3 is 0 Å². The molecule has 1 N–H and O–H groups in total. The molecule has 0 aromatic heterocycles. The number of rotatable bonds is 2. The van der Waals surface area contributed by atoms with Gasteiger partial charge in [-0.25, -0.2) is 0 Å². The lowest BCUT2D eigenvalue weighted by molar-refractivity contribution is 0.0108. The molecule has 0 spiro atoms. The van der Waals surface area contributed by atoms with Gasteiger partial charge in [-0.2, -0.15) is 0 Å². The monoisotopic (exact) mass is 239 g/mol. The molecule has 0 aromatic rings. The summed E-state index contributed by atoms with van der Waals surface area (Å²) in [4.78, 5) is 0. The summed E-state index contributed by atoms with van der Waals surface area (Å²) in [6, 6.07) is 1.46. The predicted octanol–water partition coefficient (Wildman–Crippen LogP) is 3.50. The van der Waals surface area contributed by atoms with Crippen LogP contribution in [0.15, 0.2) is 0 Å². The maximum Gasteiger partial charge on any atom is 0.0561 e. The lowest BCUT2D eigenvalue weighted by atomic mass is 9.85. The first-order valence-corrected chi connectivity index (χ1v) is 7.43. The fraction of sp³-hybridized carbons (Fsp3) is 1.00. The van der Waals surface area contributed by atoms with E-state index in [1.807, 2.05) is 0 Å². The maximum absolute atomic E-state index is 5.61. The van der Waals surface area contributed by atoms with Gasteiger partial charge in [0.15, 0.2) is 0 Å². The summed E-state index contributed by atoms with van der Waals surface area (Å²) in [6.07, 6.45) is 9.74. The first-order chi connectivity index (χ1) is 8.05. The average molecular weight is 239 g/mol. The number of hydrogen-bond acceptors (Lipinski definition) is 2. The van der Waals surface area contributed by atoms with E-state index < -0.39 is 0 Å². The van der Waals surface area contributed by atoms with Crippen LogP contribution in [0.1, 0.15) is 65.7 Å². The summed E-state index contributed by atoms with van der Waals surface area (Å²) in [5, 5.41) is 3.89. The fourth-order valence-corrected chi connectivity index (χ4v) is 3.31. The van der Waals surface area contributed by atoms with Gasteiger partial charge in [0.1, 0.15) is 0 Å². The summed E-state index contributed by atoms with van der Waals surface area (Å²) in [5.41, 5.74) is 0.569. The first kappa shape index (κ1) is 13.4. The van der Waals surface area contributed by atoms with Gasteiger partial charge in [-0.3, -0.25) is 0 Å². The van der Waals surface area contributed by atoms with Gasteiger partial charge in [0.05, 0.1) is 6.10 Å². The molecule has 2 heteroatoms. The van der Waals surface area contributed by atoms with Gasteiger partial charge in [0, 0.05) is 18.7 Å². The number of hydrogen-bond donors (Lipinski definition) is 1. The van der Waals surface area contributed by atoms with Crippen LogP contribution < -0.4 is 5.32 Å². The van der Waals surface area contributed by atoms with Crippen LogP contribution in [0.4, 0.5) is 0 Å². The van der Waals surface area contributed by atoms with Gasteiger partial charge < -0.3 is 10.1 Å². The zero-order chi connectivity index (χ0) is 12.3. The summed E-state index contributed by atoms with van der Waals surface area (Å²) >= 11 is 0. The van der Waals surface area contributed by atoms with Crippen molar-refractivity contribution in [3.05, 3.63) is 0 Å². The highest BCUT2D eigenvalue weighted by molar-refractivity contribution is 4.83. The van der Waals surface area contributed by atoms with E-state index in [9.17, 15) is 0 Å². The predicted molar refractivity (Wildman–Crippen MR) is 72.2 cm³/mol. The third-order valence-electron chi connectivity index (χ3n) is 4.53. The Morgan fingerprint density at radius 2 is 1.88 bits per heavy atom. The largest absolute Gasteiger partial charge is 0.378 e. The van der Waals surface area contributed by atoms with Crippen LogP contribution in [0.5, 0.6) is 0 Å². The van der Waals surface area contributed by atoms with Crippen molar-refractivity contribution in [1.82, 2.24) is 5.32 Å². The Morgan fingerprint density at radius 1 is 1.06 bits per heavy atom. The van der Waals surface area contributed by atoms with Gasteiger partial charge in [-0.1, -0.05) is 20.3 Å². The van der Waals surface area contributed by atoms with Crippen molar-refractivity contribution < 1.29 is 4.74 Å². The van der Waals surface area contributed by atoms with Crippen LogP contribution in [0.2, 0.25) is 0 Å². The molecule has 2 nitrogen and oxygen atoms in total. The summed E-state index contributed by atoms with van der Waals surface area (Å²) < 4.78 is 5.61. The van der Waals surface area contributed by atoms with E-state index in [0.29, 0.717) is 17.6 Å². The van der Waals surface area contributed by atoms with E-state index in [0.717, 1.165) is 12.6 Å². The van der Waals surface area contributed by atoms with Gasteiger partial charge in [0.25, 0.3) is 0 Å². The molecule has 3 unspecified atom stereocenters. The Morgan fingerprint density at radius 3 is 2.65 bits per heavy atom. The van der Waals surface area contributed by atoms with E-state index in [4.69, 9.17) is 4.74 Å². The van der Waals surface area contributed by atoms with Crippen molar-refractivity contribution in [2.24, 2.45) is 5.41 Å². The first-order valence-electron chi connectivity index (χ1n) is 7.43. The minimum Gasteiger partial charge on any atom is -0.378 e. The second kappa shape index (κ2) is 5.71. The third-order valence-corrected chi connectivity index (χ3v) is 4.53. The summed E-state index contributed by atoms with van der Waals surface area (Å²) in [5.74, 6) is 0. The van der Waals surface area contributed by atoms with Gasteiger partial charge in [-0.15, -0.1) is 0 Å². The molecular formula is C15H29NO. The zero-order valence-corrected chi connectivity index (χ0v) is 11.8. The zero-order valence-electron chi connectivity index (χ0n) is 11.8. The molecule has 2 fully saturated rings. The van der Waals surface area contributed by atoms with Crippen LogP contribution >= 0.6 is 0 Å². The molecule has 17 heavy (non-hydrogen) atoms. The van der Waals surface area contributed by atoms with Gasteiger partial charge in [0.2, 0.25) is 0 Å². The average Bonchev–Trinajstić information content (AvgIpc) is 2.41. The highest BCUT2D eigenvalue weighted by Gasteiger charge is 2.27. The third kappa shape index (κ3) is 4.26. The van der Waals surface area contributed by atoms with Crippen LogP contribution in [-0.4, -0.2) is 24.8 Å². The molecule has 0 radical (unpaired) electrons.